The Morgan fingerprint density at radius 3 is 2.65 bits per heavy atom. The predicted octanol–water partition coefficient (Wildman–Crippen LogP) is 3.52. The summed E-state index contributed by atoms with van der Waals surface area (Å²) in [5.41, 5.74) is 0.493. The highest BCUT2D eigenvalue weighted by molar-refractivity contribution is 5.41. The van der Waals surface area contributed by atoms with E-state index in [1.54, 1.807) is 18.5 Å². The molecule has 0 aromatic carbocycles. The molecule has 0 saturated heterocycles. The molecule has 0 spiro atoms. The largest absolute Gasteiger partial charge is 0.416 e. The van der Waals surface area contributed by atoms with E-state index < -0.39 is 11.7 Å². The van der Waals surface area contributed by atoms with Gasteiger partial charge in [-0.15, -0.1) is 0 Å². The summed E-state index contributed by atoms with van der Waals surface area (Å²) in [5, 5.41) is 2.82. The van der Waals surface area contributed by atoms with Crippen LogP contribution in [0.4, 0.5) is 19.0 Å². The number of aromatic nitrogens is 2. The minimum atomic E-state index is -4.38. The molecule has 2 aromatic heterocycles. The molecule has 3 nitrogen and oxygen atoms in total. The molecule has 0 fully saturated rings. The van der Waals surface area contributed by atoms with E-state index in [9.17, 15) is 13.2 Å². The van der Waals surface area contributed by atoms with Crippen molar-refractivity contribution in [3.63, 3.8) is 0 Å². The van der Waals surface area contributed by atoms with E-state index in [0.29, 0.717) is 18.7 Å². The fourth-order valence-corrected chi connectivity index (χ4v) is 1.83. The third-order valence-corrected chi connectivity index (χ3v) is 2.67. The van der Waals surface area contributed by atoms with Crippen molar-refractivity contribution in [3.05, 3.63) is 53.5 Å². The zero-order valence-electron chi connectivity index (χ0n) is 10.9. The van der Waals surface area contributed by atoms with Crippen LogP contribution in [-0.4, -0.2) is 16.5 Å². The van der Waals surface area contributed by atoms with Crippen LogP contribution in [0.5, 0.6) is 0 Å². The van der Waals surface area contributed by atoms with Gasteiger partial charge in [0.25, 0.3) is 0 Å². The Hall–Kier alpha value is -2.11. The van der Waals surface area contributed by atoms with Crippen LogP contribution in [-0.2, 0) is 12.6 Å². The van der Waals surface area contributed by atoms with Crippen LogP contribution in [0, 0.1) is 0 Å². The topological polar surface area (TPSA) is 37.8 Å². The molecule has 0 aliphatic heterocycles. The maximum absolute atomic E-state index is 12.9. The molecule has 0 unspecified atom stereocenters. The highest BCUT2D eigenvalue weighted by Crippen LogP contribution is 2.31. The number of rotatable bonds is 4. The van der Waals surface area contributed by atoms with Gasteiger partial charge in [0.15, 0.2) is 0 Å². The van der Waals surface area contributed by atoms with Crippen molar-refractivity contribution >= 4 is 5.82 Å². The maximum Gasteiger partial charge on any atom is 0.416 e. The average molecular weight is 281 g/mol. The van der Waals surface area contributed by atoms with Gasteiger partial charge < -0.3 is 5.32 Å². The van der Waals surface area contributed by atoms with Crippen molar-refractivity contribution in [3.8, 4) is 0 Å². The van der Waals surface area contributed by atoms with Crippen LogP contribution >= 0.6 is 0 Å². The second-order valence-electron chi connectivity index (χ2n) is 4.30. The first-order valence-electron chi connectivity index (χ1n) is 6.20. The number of hydrogen-bond acceptors (Lipinski definition) is 3. The maximum atomic E-state index is 12.9. The zero-order valence-corrected chi connectivity index (χ0v) is 10.9. The Morgan fingerprint density at radius 2 is 2.05 bits per heavy atom. The fraction of sp³-hybridized carbons (Fsp3) is 0.286. The summed E-state index contributed by atoms with van der Waals surface area (Å²) in [6.07, 6.45) is -0.824. The number of halogens is 3. The fourth-order valence-electron chi connectivity index (χ4n) is 1.83. The summed E-state index contributed by atoms with van der Waals surface area (Å²) >= 11 is 0. The summed E-state index contributed by atoms with van der Waals surface area (Å²) in [5.74, 6) is 0.237. The molecule has 0 atom stereocenters. The van der Waals surface area contributed by atoms with Gasteiger partial charge in [0.05, 0.1) is 5.56 Å². The van der Waals surface area contributed by atoms with Crippen molar-refractivity contribution in [1.29, 1.82) is 0 Å². The molecule has 1 N–H and O–H groups in total. The van der Waals surface area contributed by atoms with Crippen molar-refractivity contribution in [2.24, 2.45) is 0 Å². The number of nitrogens with one attached hydrogen (secondary N) is 1. The standard InChI is InChI=1S/C14H14F3N3/c1-2-19-13-8-11(14(15,16)17)7-12(20-13)6-10-4-3-5-18-9-10/h3-5,7-9H,2,6H2,1H3,(H,19,20). The quantitative estimate of drug-likeness (QED) is 0.931. The van der Waals surface area contributed by atoms with Crippen molar-refractivity contribution in [2.45, 2.75) is 19.5 Å². The Labute approximate surface area is 114 Å². The number of hydrogen-bond donors (Lipinski definition) is 1. The van der Waals surface area contributed by atoms with Gasteiger partial charge in [0.1, 0.15) is 5.82 Å². The van der Waals surface area contributed by atoms with E-state index in [0.717, 1.165) is 17.7 Å². The first-order chi connectivity index (χ1) is 9.49. The second kappa shape index (κ2) is 5.90. The summed E-state index contributed by atoms with van der Waals surface area (Å²) in [4.78, 5) is 8.14. The van der Waals surface area contributed by atoms with E-state index in [1.807, 2.05) is 13.0 Å². The van der Waals surface area contributed by atoms with Crippen molar-refractivity contribution in [2.75, 3.05) is 11.9 Å². The zero-order chi connectivity index (χ0) is 14.6. The lowest BCUT2D eigenvalue weighted by Crippen LogP contribution is -2.10. The number of alkyl halides is 3. The van der Waals surface area contributed by atoms with Gasteiger partial charge in [-0.3, -0.25) is 4.98 Å². The first kappa shape index (κ1) is 14.3. The predicted molar refractivity (Wildman–Crippen MR) is 70.4 cm³/mol. The number of anilines is 1. The van der Waals surface area contributed by atoms with E-state index >= 15 is 0 Å². The van der Waals surface area contributed by atoms with E-state index in [2.05, 4.69) is 15.3 Å². The molecule has 6 heteroatoms. The molecule has 0 amide bonds. The molecule has 0 aliphatic carbocycles. The monoisotopic (exact) mass is 281 g/mol. The molecule has 2 rings (SSSR count). The molecular formula is C14H14F3N3. The van der Waals surface area contributed by atoms with Gasteiger partial charge in [-0.2, -0.15) is 13.2 Å². The second-order valence-corrected chi connectivity index (χ2v) is 4.30. The molecule has 0 radical (unpaired) electrons. The summed E-state index contributed by atoms with van der Waals surface area (Å²) in [6.45, 7) is 2.32. The highest BCUT2D eigenvalue weighted by Gasteiger charge is 2.31. The van der Waals surface area contributed by atoms with Crippen molar-refractivity contribution in [1.82, 2.24) is 9.97 Å². The minimum absolute atomic E-state index is 0.237. The molecule has 106 valence electrons. The average Bonchev–Trinajstić information content (AvgIpc) is 2.39. The Morgan fingerprint density at radius 1 is 1.25 bits per heavy atom. The number of nitrogens with zero attached hydrogens (tertiary/aromatic N) is 2. The van der Waals surface area contributed by atoms with E-state index in [4.69, 9.17) is 0 Å². The van der Waals surface area contributed by atoms with Crippen LogP contribution in [0.15, 0.2) is 36.7 Å². The van der Waals surface area contributed by atoms with Crippen LogP contribution in [0.1, 0.15) is 23.7 Å². The van der Waals surface area contributed by atoms with Crippen molar-refractivity contribution < 1.29 is 13.2 Å². The lowest BCUT2D eigenvalue weighted by Gasteiger charge is -2.12. The molecule has 20 heavy (non-hydrogen) atoms. The van der Waals surface area contributed by atoms with Gasteiger partial charge in [-0.25, -0.2) is 4.98 Å². The first-order valence-corrected chi connectivity index (χ1v) is 6.20. The lowest BCUT2D eigenvalue weighted by molar-refractivity contribution is -0.137. The molecular weight excluding hydrogens is 267 g/mol. The summed E-state index contributed by atoms with van der Waals surface area (Å²) in [7, 11) is 0. The Balaban J connectivity index is 2.34. The molecule has 2 heterocycles. The molecule has 0 saturated carbocycles. The Bertz CT molecular complexity index is 568. The van der Waals surface area contributed by atoms with Gasteiger partial charge in [0.2, 0.25) is 0 Å². The smallest absolute Gasteiger partial charge is 0.370 e. The van der Waals surface area contributed by atoms with Gasteiger partial charge in [-0.05, 0) is 30.7 Å². The molecule has 0 aliphatic rings. The minimum Gasteiger partial charge on any atom is -0.370 e. The van der Waals surface area contributed by atoms with Crippen LogP contribution in [0.3, 0.4) is 0 Å². The van der Waals surface area contributed by atoms with E-state index in [-0.39, 0.29) is 5.82 Å². The third-order valence-electron chi connectivity index (χ3n) is 2.67. The van der Waals surface area contributed by atoms with Gasteiger partial charge in [0, 0.05) is 31.1 Å². The highest BCUT2D eigenvalue weighted by atomic mass is 19.4. The SMILES string of the molecule is CCNc1cc(C(F)(F)F)cc(Cc2cccnc2)n1. The van der Waals surface area contributed by atoms with Gasteiger partial charge in [-0.1, -0.05) is 6.07 Å². The van der Waals surface area contributed by atoms with E-state index in [1.165, 1.54) is 0 Å². The van der Waals surface area contributed by atoms with Gasteiger partial charge >= 0.3 is 6.18 Å². The van der Waals surface area contributed by atoms with Crippen LogP contribution in [0.25, 0.3) is 0 Å². The lowest BCUT2D eigenvalue weighted by atomic mass is 10.1. The van der Waals surface area contributed by atoms with Crippen LogP contribution < -0.4 is 5.32 Å². The molecule has 2 aromatic rings. The normalized spacial score (nSPS) is 11.4. The summed E-state index contributed by atoms with van der Waals surface area (Å²) < 4.78 is 38.6. The van der Waals surface area contributed by atoms with Crippen LogP contribution in [0.2, 0.25) is 0 Å². The Kier molecular flexibility index (Phi) is 4.22. The third kappa shape index (κ3) is 3.69. The molecule has 0 bridgehead atoms. The number of pyridine rings is 2. The summed E-state index contributed by atoms with van der Waals surface area (Å²) in [6, 6.07) is 5.65.